The van der Waals surface area contributed by atoms with Gasteiger partial charge in [-0.15, -0.1) is 0 Å². The summed E-state index contributed by atoms with van der Waals surface area (Å²) >= 11 is 0. The summed E-state index contributed by atoms with van der Waals surface area (Å²) in [5.41, 5.74) is -2.34. The molecule has 1 aliphatic heterocycles. The molecular formula is C15H21NO8. The molecule has 1 heterocycles. The number of nitrogens with zero attached hydrogens (tertiary/aromatic N) is 1. The summed E-state index contributed by atoms with van der Waals surface area (Å²) in [6.45, 7) is 4.29. The van der Waals surface area contributed by atoms with Gasteiger partial charge >= 0.3 is 17.9 Å². The van der Waals surface area contributed by atoms with Crippen LogP contribution < -0.4 is 0 Å². The average molecular weight is 343 g/mol. The first-order valence-electron chi connectivity index (χ1n) is 7.21. The van der Waals surface area contributed by atoms with Gasteiger partial charge in [0.15, 0.2) is 0 Å². The number of esters is 3. The molecule has 0 saturated carbocycles. The van der Waals surface area contributed by atoms with Crippen molar-refractivity contribution in [1.29, 1.82) is 0 Å². The topological polar surface area (TPSA) is 116 Å². The van der Waals surface area contributed by atoms with Crippen LogP contribution in [0.2, 0.25) is 0 Å². The largest absolute Gasteiger partial charge is 0.467 e. The minimum Gasteiger partial charge on any atom is -0.467 e. The smallest absolute Gasteiger partial charge is 0.345 e. The lowest BCUT2D eigenvalue weighted by Gasteiger charge is -2.54. The van der Waals surface area contributed by atoms with Gasteiger partial charge in [-0.05, 0) is 12.8 Å². The Hall–Kier alpha value is -2.45. The van der Waals surface area contributed by atoms with Gasteiger partial charge in [0.2, 0.25) is 5.91 Å². The van der Waals surface area contributed by atoms with Crippen molar-refractivity contribution in [1.82, 2.24) is 4.90 Å². The van der Waals surface area contributed by atoms with Gasteiger partial charge in [0.25, 0.3) is 5.54 Å². The first-order chi connectivity index (χ1) is 11.1. The molecule has 0 bridgehead atoms. The van der Waals surface area contributed by atoms with Crippen molar-refractivity contribution in [3.63, 3.8) is 0 Å². The minimum absolute atomic E-state index is 0.497. The lowest BCUT2D eigenvalue weighted by atomic mass is 9.68. The Labute approximate surface area is 139 Å². The Morgan fingerprint density at radius 1 is 1.00 bits per heavy atom. The van der Waals surface area contributed by atoms with Gasteiger partial charge in [0, 0.05) is 0 Å². The zero-order valence-electron chi connectivity index (χ0n) is 14.4. The number of likely N-dealkylation sites (tertiary alicyclic amines) is 1. The van der Waals surface area contributed by atoms with Crippen LogP contribution in [0.4, 0.5) is 0 Å². The summed E-state index contributed by atoms with van der Waals surface area (Å²) in [4.78, 5) is 62.1. The number of hydrogen-bond acceptors (Lipinski definition) is 8. The molecule has 0 spiro atoms. The van der Waals surface area contributed by atoms with E-state index in [1.54, 1.807) is 13.8 Å². The van der Waals surface area contributed by atoms with Crippen molar-refractivity contribution in [3.05, 3.63) is 0 Å². The van der Waals surface area contributed by atoms with E-state index in [-0.39, 0.29) is 0 Å². The van der Waals surface area contributed by atoms with Gasteiger partial charge in [-0.2, -0.15) is 0 Å². The van der Waals surface area contributed by atoms with E-state index in [0.717, 1.165) is 33.2 Å². The lowest BCUT2D eigenvalue weighted by molar-refractivity contribution is -0.210. The van der Waals surface area contributed by atoms with Crippen molar-refractivity contribution in [2.45, 2.75) is 32.4 Å². The number of hydrogen-bond donors (Lipinski definition) is 0. The number of carbonyl (C=O) groups is 5. The molecule has 9 heteroatoms. The van der Waals surface area contributed by atoms with Gasteiger partial charge in [-0.1, -0.05) is 13.8 Å². The third kappa shape index (κ3) is 2.53. The van der Waals surface area contributed by atoms with Gasteiger partial charge in [-0.3, -0.25) is 9.59 Å². The van der Waals surface area contributed by atoms with Crippen molar-refractivity contribution in [3.8, 4) is 0 Å². The van der Waals surface area contributed by atoms with Crippen molar-refractivity contribution in [2.24, 2.45) is 11.8 Å². The van der Waals surface area contributed by atoms with E-state index >= 15 is 0 Å². The summed E-state index contributed by atoms with van der Waals surface area (Å²) in [7, 11) is 3.13. The monoisotopic (exact) mass is 343 g/mol. The fourth-order valence-electron chi connectivity index (χ4n) is 3.01. The first kappa shape index (κ1) is 19.6. The Morgan fingerprint density at radius 3 is 1.75 bits per heavy atom. The van der Waals surface area contributed by atoms with Crippen LogP contribution in [0, 0.1) is 11.8 Å². The minimum atomic E-state index is -2.34. The molecule has 0 aromatic heterocycles. The van der Waals surface area contributed by atoms with E-state index in [0.29, 0.717) is 0 Å². The van der Waals surface area contributed by atoms with E-state index in [1.807, 2.05) is 0 Å². The summed E-state index contributed by atoms with van der Waals surface area (Å²) in [5.74, 6) is -6.77. The number of carbonyl (C=O) groups excluding carboxylic acids is 5. The van der Waals surface area contributed by atoms with E-state index in [4.69, 9.17) is 0 Å². The summed E-state index contributed by atoms with van der Waals surface area (Å²) < 4.78 is 14.0. The predicted molar refractivity (Wildman–Crippen MR) is 78.4 cm³/mol. The fourth-order valence-corrected chi connectivity index (χ4v) is 3.01. The molecule has 24 heavy (non-hydrogen) atoms. The molecule has 9 nitrogen and oxygen atoms in total. The molecule has 0 radical (unpaired) electrons. The molecule has 0 aliphatic carbocycles. The molecule has 1 amide bonds. The van der Waals surface area contributed by atoms with Crippen molar-refractivity contribution in [2.75, 3.05) is 21.3 Å². The number of amides is 1. The maximum Gasteiger partial charge on any atom is 0.345 e. The SMILES string of the molecule is COC(=O)[C@@H](C(C)C)N1C(=O)[C@@H](C(C)=O)C1(C(=O)OC)C(=O)OC. The van der Waals surface area contributed by atoms with Crippen LogP contribution >= 0.6 is 0 Å². The Balaban J connectivity index is 3.63. The zero-order chi connectivity index (χ0) is 18.8. The lowest BCUT2D eigenvalue weighted by Crippen LogP contribution is -2.83. The fraction of sp³-hybridized carbons (Fsp3) is 0.667. The first-order valence-corrected chi connectivity index (χ1v) is 7.21. The van der Waals surface area contributed by atoms with Gasteiger partial charge in [-0.25, -0.2) is 14.4 Å². The number of methoxy groups -OCH3 is 3. The average Bonchev–Trinajstić information content (AvgIpc) is 2.53. The molecule has 0 aromatic carbocycles. The molecular weight excluding hydrogens is 322 g/mol. The highest BCUT2D eigenvalue weighted by Gasteiger charge is 2.75. The van der Waals surface area contributed by atoms with E-state index in [2.05, 4.69) is 14.2 Å². The van der Waals surface area contributed by atoms with Crippen LogP contribution in [0.3, 0.4) is 0 Å². The number of rotatable bonds is 6. The molecule has 0 N–H and O–H groups in total. The highest BCUT2D eigenvalue weighted by Crippen LogP contribution is 2.44. The zero-order valence-corrected chi connectivity index (χ0v) is 14.4. The Kier molecular flexibility index (Phi) is 5.70. The molecule has 0 unspecified atom stereocenters. The number of ketones is 1. The predicted octanol–water partition coefficient (Wildman–Crippen LogP) is -0.684. The molecule has 1 saturated heterocycles. The van der Waals surface area contributed by atoms with Gasteiger partial charge < -0.3 is 19.1 Å². The van der Waals surface area contributed by atoms with Crippen LogP contribution in [-0.4, -0.2) is 67.4 Å². The quantitative estimate of drug-likeness (QED) is 0.269. The maximum absolute atomic E-state index is 12.5. The van der Waals surface area contributed by atoms with Gasteiger partial charge in [0.1, 0.15) is 17.7 Å². The van der Waals surface area contributed by atoms with E-state index in [1.165, 1.54) is 0 Å². The van der Waals surface area contributed by atoms with E-state index in [9.17, 15) is 24.0 Å². The molecule has 134 valence electrons. The van der Waals surface area contributed by atoms with Crippen molar-refractivity contribution < 1.29 is 38.2 Å². The van der Waals surface area contributed by atoms with Crippen LogP contribution in [0.5, 0.6) is 0 Å². The number of ether oxygens (including phenoxy) is 3. The van der Waals surface area contributed by atoms with Crippen LogP contribution in [0.1, 0.15) is 20.8 Å². The number of β-lactam (4-membered cyclic amide) rings is 1. The van der Waals surface area contributed by atoms with Crippen LogP contribution in [-0.2, 0) is 38.2 Å². The Morgan fingerprint density at radius 2 is 1.46 bits per heavy atom. The third-order valence-corrected chi connectivity index (χ3v) is 4.03. The van der Waals surface area contributed by atoms with Crippen LogP contribution in [0.25, 0.3) is 0 Å². The molecule has 1 fully saturated rings. The highest BCUT2D eigenvalue weighted by atomic mass is 16.6. The number of Topliss-reactive ketones (excluding diaryl/α,β-unsaturated/α-hetero) is 1. The molecule has 1 rings (SSSR count). The highest BCUT2D eigenvalue weighted by molar-refractivity contribution is 6.24. The second-order valence-electron chi connectivity index (χ2n) is 5.71. The van der Waals surface area contributed by atoms with Crippen molar-refractivity contribution >= 4 is 29.6 Å². The normalized spacial score (nSPS) is 20.0. The molecule has 0 aromatic rings. The maximum atomic E-state index is 12.5. The second-order valence-corrected chi connectivity index (χ2v) is 5.71. The summed E-state index contributed by atoms with van der Waals surface area (Å²) in [6.07, 6.45) is 0. The van der Waals surface area contributed by atoms with Gasteiger partial charge in [0.05, 0.1) is 21.3 Å². The van der Waals surface area contributed by atoms with E-state index < -0.39 is 53.0 Å². The molecule has 2 atom stereocenters. The standard InChI is InChI=1S/C15H21NO8/c1-7(2)10(12(19)22-4)16-11(18)9(8(3)17)15(16,13(20)23-5)14(21)24-6/h7,9-10H,1-6H3/t9-,10-/m1/s1. The Bertz CT molecular complexity index is 566. The second kappa shape index (κ2) is 6.98. The molecule has 1 aliphatic rings. The van der Waals surface area contributed by atoms with Crippen LogP contribution in [0.15, 0.2) is 0 Å². The summed E-state index contributed by atoms with van der Waals surface area (Å²) in [6, 6.07) is -1.25. The third-order valence-electron chi connectivity index (χ3n) is 4.03. The summed E-state index contributed by atoms with van der Waals surface area (Å²) in [5, 5.41) is 0.